The van der Waals surface area contributed by atoms with Crippen molar-refractivity contribution in [3.8, 4) is 0 Å². The van der Waals surface area contributed by atoms with E-state index in [-0.39, 0.29) is 0 Å². The van der Waals surface area contributed by atoms with Crippen molar-refractivity contribution >= 4 is 0 Å². The van der Waals surface area contributed by atoms with Crippen LogP contribution >= 0.6 is 0 Å². The number of hydrogen-bond donors (Lipinski definition) is 10. The van der Waals surface area contributed by atoms with Crippen LogP contribution < -0.4 is 17.2 Å². The van der Waals surface area contributed by atoms with Crippen molar-refractivity contribution in [3.05, 3.63) is 0 Å². The molecule has 0 spiro atoms. The molecule has 16 heteroatoms. The average Bonchev–Trinajstić information content (AvgIpc) is 2.95. The molecule has 0 aromatic rings. The zero-order valence-electron chi connectivity index (χ0n) is 22.6. The molecule has 3 fully saturated rings. The first kappa shape index (κ1) is 33.9. The molecule has 236 valence electrons. The molecular weight excluding hydrogens is 538 g/mol. The van der Waals surface area contributed by atoms with Gasteiger partial charge in [0.15, 0.2) is 18.9 Å². The van der Waals surface area contributed by atoms with Crippen molar-refractivity contribution in [1.82, 2.24) is 0 Å². The molecule has 15 atom stereocenters. The Bertz CT molecular complexity index is 740. The molecule has 0 aromatic heterocycles. The van der Waals surface area contributed by atoms with Crippen LogP contribution in [0.2, 0.25) is 0 Å². The van der Waals surface area contributed by atoms with Crippen molar-refractivity contribution in [2.75, 3.05) is 26.4 Å². The van der Waals surface area contributed by atoms with E-state index in [1.54, 1.807) is 0 Å². The summed E-state index contributed by atoms with van der Waals surface area (Å²) in [4.78, 5) is 0. The first-order valence-electron chi connectivity index (χ1n) is 13.8. The van der Waals surface area contributed by atoms with Gasteiger partial charge in [0, 0.05) is 6.61 Å². The highest BCUT2D eigenvalue weighted by molar-refractivity contribution is 4.99. The topological polar surface area (TPSA) is 275 Å². The maximum atomic E-state index is 11.0. The molecule has 0 aromatic carbocycles. The zero-order valence-corrected chi connectivity index (χ0v) is 22.6. The molecule has 0 radical (unpaired) electrons. The summed E-state index contributed by atoms with van der Waals surface area (Å²) in [5.74, 6) is 0. The van der Waals surface area contributed by atoms with Crippen LogP contribution in [0.1, 0.15) is 32.6 Å². The Morgan fingerprint density at radius 2 is 1.15 bits per heavy atom. The summed E-state index contributed by atoms with van der Waals surface area (Å²) in [7, 11) is 0. The van der Waals surface area contributed by atoms with Gasteiger partial charge in [-0.3, -0.25) is 0 Å². The molecule has 2 unspecified atom stereocenters. The second-order valence-corrected chi connectivity index (χ2v) is 10.5. The van der Waals surface area contributed by atoms with Gasteiger partial charge in [-0.1, -0.05) is 26.2 Å². The average molecular weight is 586 g/mol. The van der Waals surface area contributed by atoms with Crippen LogP contribution in [0.25, 0.3) is 0 Å². The van der Waals surface area contributed by atoms with Crippen LogP contribution in [0.5, 0.6) is 0 Å². The van der Waals surface area contributed by atoms with Crippen LogP contribution in [-0.2, 0) is 28.4 Å². The van der Waals surface area contributed by atoms with Crippen molar-refractivity contribution < 1.29 is 64.2 Å². The monoisotopic (exact) mass is 585 g/mol. The summed E-state index contributed by atoms with van der Waals surface area (Å²) < 4.78 is 34.5. The van der Waals surface area contributed by atoms with Gasteiger partial charge in [0.2, 0.25) is 0 Å². The molecule has 0 amide bonds. The molecule has 3 aliphatic heterocycles. The minimum Gasteiger partial charge on any atom is -0.394 e. The smallest absolute Gasteiger partial charge is 0.176 e. The Morgan fingerprint density at radius 1 is 0.600 bits per heavy atom. The predicted octanol–water partition coefficient (Wildman–Crippen LogP) is -5.07. The summed E-state index contributed by atoms with van der Waals surface area (Å²) in [6, 6.07) is -3.56. The van der Waals surface area contributed by atoms with Gasteiger partial charge in [0.05, 0.1) is 37.9 Å². The number of ether oxygens (including phenoxy) is 6. The van der Waals surface area contributed by atoms with Gasteiger partial charge >= 0.3 is 0 Å². The number of aliphatic hydroxyl groups excluding tert-OH is 7. The van der Waals surface area contributed by atoms with Crippen molar-refractivity contribution in [1.29, 1.82) is 0 Å². The van der Waals surface area contributed by atoms with Gasteiger partial charge in [-0.2, -0.15) is 0 Å². The zero-order chi connectivity index (χ0) is 29.6. The van der Waals surface area contributed by atoms with Gasteiger partial charge < -0.3 is 81.4 Å². The summed E-state index contributed by atoms with van der Waals surface area (Å²) >= 11 is 0. The normalized spacial score (nSPS) is 46.4. The van der Waals surface area contributed by atoms with Crippen molar-refractivity contribution in [2.24, 2.45) is 17.2 Å². The fraction of sp³-hybridized carbons (Fsp3) is 1.00. The van der Waals surface area contributed by atoms with E-state index in [2.05, 4.69) is 6.92 Å². The Hall–Kier alpha value is -0.640. The molecule has 3 heterocycles. The highest BCUT2D eigenvalue weighted by Gasteiger charge is 2.52. The Labute approximate surface area is 232 Å². The molecule has 3 saturated heterocycles. The molecule has 0 aliphatic carbocycles. The van der Waals surface area contributed by atoms with E-state index in [9.17, 15) is 35.7 Å². The second-order valence-electron chi connectivity index (χ2n) is 10.5. The summed E-state index contributed by atoms with van der Waals surface area (Å²) in [6.07, 6.45) is -11.8. The number of nitrogens with two attached hydrogens (primary N) is 3. The largest absolute Gasteiger partial charge is 0.394 e. The fourth-order valence-electron chi connectivity index (χ4n) is 5.12. The standard InChI is InChI=1S/C24H47N3O13/c1-2-3-4-5-6-35-21-15(27)22(34)36-12(9-30)20(21)40-24-14(26)18(33)19(11(8-29)38-24)39-23-13(25)17(32)16(31)10(7-28)37-23/h10-24,28-34H,2-9,25-27H2,1H3/t10-,11-,12-,13-,14-,15-,16-,17-,18-,19?,20?,21-,22-,23+,24+/m1/s1. The number of aliphatic hydroxyl groups is 7. The Kier molecular flexibility index (Phi) is 13.3. The molecular formula is C24H47N3O13. The van der Waals surface area contributed by atoms with E-state index in [0.717, 1.165) is 25.7 Å². The van der Waals surface area contributed by atoms with E-state index in [0.29, 0.717) is 6.61 Å². The molecule has 0 bridgehead atoms. The van der Waals surface area contributed by atoms with Crippen LogP contribution in [0.3, 0.4) is 0 Å². The third-order valence-electron chi connectivity index (χ3n) is 7.61. The summed E-state index contributed by atoms with van der Waals surface area (Å²) in [5, 5.41) is 71.0. The van der Waals surface area contributed by atoms with E-state index >= 15 is 0 Å². The van der Waals surface area contributed by atoms with Gasteiger partial charge in [0.25, 0.3) is 0 Å². The predicted molar refractivity (Wildman–Crippen MR) is 135 cm³/mol. The first-order chi connectivity index (χ1) is 19.1. The van der Waals surface area contributed by atoms with Gasteiger partial charge in [-0.25, -0.2) is 0 Å². The van der Waals surface area contributed by atoms with Gasteiger partial charge in [-0.05, 0) is 6.42 Å². The lowest BCUT2D eigenvalue weighted by molar-refractivity contribution is -0.349. The third kappa shape index (κ3) is 7.65. The first-order valence-corrected chi connectivity index (χ1v) is 13.8. The fourth-order valence-corrected chi connectivity index (χ4v) is 5.12. The lowest BCUT2D eigenvalue weighted by Crippen LogP contribution is -2.69. The van der Waals surface area contributed by atoms with E-state index < -0.39 is 112 Å². The maximum absolute atomic E-state index is 11.0. The molecule has 3 rings (SSSR count). The quantitative estimate of drug-likeness (QED) is 0.0905. The van der Waals surface area contributed by atoms with E-state index in [1.165, 1.54) is 0 Å². The maximum Gasteiger partial charge on any atom is 0.176 e. The molecule has 16 nitrogen and oxygen atoms in total. The van der Waals surface area contributed by atoms with E-state index in [4.69, 9.17) is 45.6 Å². The highest BCUT2D eigenvalue weighted by Crippen LogP contribution is 2.31. The van der Waals surface area contributed by atoms with Gasteiger partial charge in [0.1, 0.15) is 54.9 Å². The number of unbranched alkanes of at least 4 members (excludes halogenated alkanes) is 3. The molecule has 40 heavy (non-hydrogen) atoms. The third-order valence-corrected chi connectivity index (χ3v) is 7.61. The molecule has 3 aliphatic rings. The Balaban J connectivity index is 1.72. The van der Waals surface area contributed by atoms with Crippen LogP contribution in [0.4, 0.5) is 0 Å². The van der Waals surface area contributed by atoms with Crippen LogP contribution in [0, 0.1) is 0 Å². The number of rotatable bonds is 13. The second kappa shape index (κ2) is 15.7. The summed E-state index contributed by atoms with van der Waals surface area (Å²) in [5.41, 5.74) is 18.3. The minimum absolute atomic E-state index is 0.315. The Morgan fingerprint density at radius 3 is 1.75 bits per heavy atom. The molecule has 13 N–H and O–H groups in total. The molecule has 0 saturated carbocycles. The lowest BCUT2D eigenvalue weighted by atomic mass is 9.94. The van der Waals surface area contributed by atoms with Gasteiger partial charge in [-0.15, -0.1) is 0 Å². The number of hydrogen-bond acceptors (Lipinski definition) is 16. The SMILES string of the molecule is CCCCCCO[C@H]1C(O[C@@H]2O[C@H](CO)C(O[C@@H]3O[C@H](CO)[C@@H](O)[C@H](O)[C@H]3N)[C@H](O)[C@H]2N)[C@@H](CO)O[C@@H](O)[C@@H]1N. The van der Waals surface area contributed by atoms with Crippen molar-refractivity contribution in [3.63, 3.8) is 0 Å². The summed E-state index contributed by atoms with van der Waals surface area (Å²) in [6.45, 7) is 0.539. The van der Waals surface area contributed by atoms with E-state index in [1.807, 2.05) is 0 Å². The highest BCUT2D eigenvalue weighted by atomic mass is 16.7. The van der Waals surface area contributed by atoms with Crippen LogP contribution in [-0.4, -0.2) is 154 Å². The lowest BCUT2D eigenvalue weighted by Gasteiger charge is -2.49. The van der Waals surface area contributed by atoms with Crippen LogP contribution in [0.15, 0.2) is 0 Å². The minimum atomic E-state index is -1.52. The van der Waals surface area contributed by atoms with Crippen molar-refractivity contribution in [2.45, 2.75) is 125 Å².